The molecule has 1 aliphatic heterocycles. The Hall–Kier alpha value is -1.71. The summed E-state index contributed by atoms with van der Waals surface area (Å²) in [6, 6.07) is 8.53. The van der Waals surface area contributed by atoms with Gasteiger partial charge in [-0.1, -0.05) is 39.0 Å². The maximum atomic E-state index is 12.6. The Morgan fingerprint density at radius 3 is 2.80 bits per heavy atom. The summed E-state index contributed by atoms with van der Waals surface area (Å²) in [5, 5.41) is 3.09. The topological polar surface area (TPSA) is 41.6 Å². The Balaban J connectivity index is 1.42. The first kappa shape index (κ1) is 18.1. The summed E-state index contributed by atoms with van der Waals surface area (Å²) in [4.78, 5) is 14.7. The third kappa shape index (κ3) is 4.28. The third-order valence-electron chi connectivity index (χ3n) is 5.62. The first-order chi connectivity index (χ1) is 11.8. The molecule has 4 heteroatoms. The molecule has 138 valence electrons. The van der Waals surface area contributed by atoms with Crippen LogP contribution in [0.25, 0.3) is 0 Å². The lowest BCUT2D eigenvalue weighted by Gasteiger charge is -2.39. The van der Waals surface area contributed by atoms with Gasteiger partial charge < -0.3 is 15.0 Å². The predicted molar refractivity (Wildman–Crippen MR) is 101 cm³/mol. The zero-order valence-electron chi connectivity index (χ0n) is 16.1. The largest absolute Gasteiger partial charge is 0.493 e. The van der Waals surface area contributed by atoms with Gasteiger partial charge in [0.2, 0.25) is 0 Å². The van der Waals surface area contributed by atoms with Gasteiger partial charge in [0.15, 0.2) is 0 Å². The van der Waals surface area contributed by atoms with Crippen LogP contribution in [0.15, 0.2) is 24.3 Å². The number of urea groups is 1. The third-order valence-corrected chi connectivity index (χ3v) is 5.62. The number of ether oxygens (including phenoxy) is 1. The van der Waals surface area contributed by atoms with Crippen LogP contribution in [0, 0.1) is 17.8 Å². The predicted octanol–water partition coefficient (Wildman–Crippen LogP) is 4.37. The van der Waals surface area contributed by atoms with Gasteiger partial charge in [0.1, 0.15) is 5.75 Å². The summed E-state index contributed by atoms with van der Waals surface area (Å²) >= 11 is 0. The van der Waals surface area contributed by atoms with Gasteiger partial charge in [-0.15, -0.1) is 0 Å². The molecule has 2 bridgehead atoms. The molecule has 1 saturated heterocycles. The number of aryl methyl sites for hydroxylation is 1. The highest BCUT2D eigenvalue weighted by molar-refractivity contribution is 5.75. The van der Waals surface area contributed by atoms with Crippen LogP contribution < -0.4 is 10.1 Å². The number of carbonyl (C=O) groups excluding carboxylic acids is 1. The van der Waals surface area contributed by atoms with Crippen molar-refractivity contribution in [3.05, 3.63) is 29.8 Å². The molecule has 1 N–H and O–H groups in total. The van der Waals surface area contributed by atoms with Crippen LogP contribution in [0.2, 0.25) is 0 Å². The molecule has 0 aromatic heterocycles. The first-order valence-corrected chi connectivity index (χ1v) is 9.51. The van der Waals surface area contributed by atoms with Crippen molar-refractivity contribution in [3.63, 3.8) is 0 Å². The Kier molecular flexibility index (Phi) is 4.99. The number of amides is 2. The summed E-state index contributed by atoms with van der Waals surface area (Å²) < 4.78 is 5.79. The van der Waals surface area contributed by atoms with Crippen molar-refractivity contribution in [3.8, 4) is 5.75 Å². The molecule has 25 heavy (non-hydrogen) atoms. The average molecular weight is 344 g/mol. The molecule has 1 saturated carbocycles. The zero-order chi connectivity index (χ0) is 18.1. The summed E-state index contributed by atoms with van der Waals surface area (Å²) in [5.74, 6) is 0.928. The molecule has 2 unspecified atom stereocenters. The first-order valence-electron chi connectivity index (χ1n) is 9.51. The van der Waals surface area contributed by atoms with Gasteiger partial charge in [-0.05, 0) is 55.1 Å². The van der Waals surface area contributed by atoms with Crippen LogP contribution in [0.5, 0.6) is 5.75 Å². The summed E-state index contributed by atoms with van der Waals surface area (Å²) in [7, 11) is 0. The highest BCUT2D eigenvalue weighted by Gasteiger charge is 2.50. The molecular formula is C21H32N2O2. The van der Waals surface area contributed by atoms with Gasteiger partial charge in [-0.2, -0.15) is 0 Å². The van der Waals surface area contributed by atoms with E-state index < -0.39 is 0 Å². The quantitative estimate of drug-likeness (QED) is 0.806. The molecule has 1 heterocycles. The standard InChI is InChI=1S/C21H32N2O2/c1-16-8-5-6-9-18(16)25-11-7-10-22-19(24)23-15-21(4)13-17(23)12-20(2,3)14-21/h5-6,8-9,17H,7,10-15H2,1-4H3,(H,22,24). The van der Waals surface area contributed by atoms with Gasteiger partial charge in [0, 0.05) is 19.1 Å². The molecule has 2 atom stereocenters. The van der Waals surface area contributed by atoms with Crippen LogP contribution >= 0.6 is 0 Å². The SMILES string of the molecule is Cc1ccccc1OCCCNC(=O)N1CC2(C)CC1CC(C)(C)C2. The van der Waals surface area contributed by atoms with E-state index >= 15 is 0 Å². The van der Waals surface area contributed by atoms with E-state index in [1.807, 2.05) is 31.2 Å². The maximum absolute atomic E-state index is 12.6. The number of fused-ring (bicyclic) bond motifs is 2. The van der Waals surface area contributed by atoms with E-state index in [1.165, 1.54) is 6.42 Å². The van der Waals surface area contributed by atoms with Crippen molar-refractivity contribution in [2.45, 2.75) is 59.4 Å². The fraction of sp³-hybridized carbons (Fsp3) is 0.667. The average Bonchev–Trinajstić information content (AvgIpc) is 2.77. The van der Waals surface area contributed by atoms with Crippen LogP contribution in [0.3, 0.4) is 0 Å². The Bertz CT molecular complexity index is 628. The Labute approximate surface area is 151 Å². The van der Waals surface area contributed by atoms with Crippen molar-refractivity contribution in [2.75, 3.05) is 19.7 Å². The minimum atomic E-state index is 0.0994. The smallest absolute Gasteiger partial charge is 0.317 e. The highest BCUT2D eigenvalue weighted by Crippen LogP contribution is 2.52. The lowest BCUT2D eigenvalue weighted by atomic mass is 9.65. The van der Waals surface area contributed by atoms with Crippen molar-refractivity contribution in [2.24, 2.45) is 10.8 Å². The molecule has 1 aliphatic carbocycles. The molecule has 1 aromatic rings. The molecule has 1 aromatic carbocycles. The van der Waals surface area contributed by atoms with Gasteiger partial charge in [-0.3, -0.25) is 0 Å². The summed E-state index contributed by atoms with van der Waals surface area (Å²) in [6.45, 7) is 11.2. The number of para-hydroxylation sites is 1. The molecular weight excluding hydrogens is 312 g/mol. The minimum absolute atomic E-state index is 0.0994. The van der Waals surface area contributed by atoms with Crippen molar-refractivity contribution < 1.29 is 9.53 Å². The summed E-state index contributed by atoms with van der Waals surface area (Å²) in [5.41, 5.74) is 1.78. The van der Waals surface area contributed by atoms with Gasteiger partial charge >= 0.3 is 6.03 Å². The number of carbonyl (C=O) groups is 1. The van der Waals surface area contributed by atoms with E-state index in [1.54, 1.807) is 0 Å². The van der Waals surface area contributed by atoms with Gasteiger partial charge in [-0.25, -0.2) is 4.79 Å². The monoisotopic (exact) mass is 344 g/mol. The normalized spacial score (nSPS) is 27.2. The van der Waals surface area contributed by atoms with E-state index in [0.29, 0.717) is 24.6 Å². The molecule has 0 radical (unpaired) electrons. The lowest BCUT2D eigenvalue weighted by Crippen LogP contribution is -2.44. The molecule has 4 nitrogen and oxygen atoms in total. The number of nitrogens with zero attached hydrogens (tertiary/aromatic N) is 1. The molecule has 2 aliphatic rings. The molecule has 0 spiro atoms. The number of benzene rings is 1. The van der Waals surface area contributed by atoms with Crippen LogP contribution in [-0.4, -0.2) is 36.7 Å². The van der Waals surface area contributed by atoms with Crippen LogP contribution in [0.4, 0.5) is 4.79 Å². The Morgan fingerprint density at radius 2 is 2.04 bits per heavy atom. The molecule has 2 fully saturated rings. The van der Waals surface area contributed by atoms with Crippen molar-refractivity contribution in [1.29, 1.82) is 0 Å². The number of likely N-dealkylation sites (tertiary alicyclic amines) is 1. The maximum Gasteiger partial charge on any atom is 0.317 e. The van der Waals surface area contributed by atoms with E-state index in [-0.39, 0.29) is 11.4 Å². The highest BCUT2D eigenvalue weighted by atomic mass is 16.5. The number of hydrogen-bond donors (Lipinski definition) is 1. The van der Waals surface area contributed by atoms with Crippen LogP contribution in [0.1, 0.15) is 52.0 Å². The van der Waals surface area contributed by atoms with Gasteiger partial charge in [0.25, 0.3) is 0 Å². The minimum Gasteiger partial charge on any atom is -0.493 e. The summed E-state index contributed by atoms with van der Waals surface area (Å²) in [6.07, 6.45) is 4.30. The van der Waals surface area contributed by atoms with E-state index in [2.05, 4.69) is 31.0 Å². The number of hydrogen-bond acceptors (Lipinski definition) is 2. The van der Waals surface area contributed by atoms with Crippen molar-refractivity contribution in [1.82, 2.24) is 10.2 Å². The van der Waals surface area contributed by atoms with E-state index in [4.69, 9.17) is 4.74 Å². The second-order valence-electron chi connectivity index (χ2n) is 9.04. The van der Waals surface area contributed by atoms with Gasteiger partial charge in [0.05, 0.1) is 6.61 Å². The fourth-order valence-electron chi connectivity index (χ4n) is 4.97. The second kappa shape index (κ2) is 6.89. The van der Waals surface area contributed by atoms with E-state index in [0.717, 1.165) is 37.1 Å². The second-order valence-corrected chi connectivity index (χ2v) is 9.04. The van der Waals surface area contributed by atoms with Crippen LogP contribution in [-0.2, 0) is 0 Å². The molecule has 3 rings (SSSR count). The lowest BCUT2D eigenvalue weighted by molar-refractivity contribution is 0.129. The molecule has 2 amide bonds. The Morgan fingerprint density at radius 1 is 1.28 bits per heavy atom. The fourth-order valence-corrected chi connectivity index (χ4v) is 4.97. The number of nitrogens with one attached hydrogen (secondary N) is 1. The number of rotatable bonds is 5. The van der Waals surface area contributed by atoms with E-state index in [9.17, 15) is 4.79 Å². The zero-order valence-corrected chi connectivity index (χ0v) is 16.1. The van der Waals surface area contributed by atoms with Crippen molar-refractivity contribution >= 4 is 6.03 Å².